The summed E-state index contributed by atoms with van der Waals surface area (Å²) in [5.41, 5.74) is 3.00. The molecule has 0 radical (unpaired) electrons. The topological polar surface area (TPSA) is 80.9 Å². The summed E-state index contributed by atoms with van der Waals surface area (Å²) in [4.78, 5) is 21.8. The molecule has 0 spiro atoms. The molecule has 1 amide bonds. The number of hydrogen-bond acceptors (Lipinski definition) is 7. The number of para-hydroxylation sites is 1. The Morgan fingerprint density at radius 3 is 2.56 bits per heavy atom. The Bertz CT molecular complexity index is 1120. The zero-order chi connectivity index (χ0) is 24.1. The minimum absolute atomic E-state index is 0.0242. The van der Waals surface area contributed by atoms with Crippen LogP contribution in [0.1, 0.15) is 31.2 Å². The molecular weight excluding hydrogens is 432 g/mol. The summed E-state index contributed by atoms with van der Waals surface area (Å²) in [6, 6.07) is 13.6. The summed E-state index contributed by atoms with van der Waals surface area (Å²) in [5, 5.41) is 4.13. The predicted molar refractivity (Wildman–Crippen MR) is 130 cm³/mol. The van der Waals surface area contributed by atoms with Crippen LogP contribution in [0, 0.1) is 5.92 Å². The molecule has 1 aromatic heterocycles. The first-order valence-corrected chi connectivity index (χ1v) is 11.7. The summed E-state index contributed by atoms with van der Waals surface area (Å²) < 4.78 is 16.1. The maximum Gasteiger partial charge on any atom is 0.241 e. The largest absolute Gasteiger partial charge is 0.493 e. The molecule has 34 heavy (non-hydrogen) atoms. The maximum absolute atomic E-state index is 13.1. The first-order chi connectivity index (χ1) is 16.5. The van der Waals surface area contributed by atoms with E-state index in [4.69, 9.17) is 14.0 Å². The number of rotatable bonds is 8. The van der Waals surface area contributed by atoms with Crippen molar-refractivity contribution < 1.29 is 18.8 Å². The molecule has 4 rings (SSSR count). The van der Waals surface area contributed by atoms with Gasteiger partial charge in [0, 0.05) is 24.2 Å². The highest BCUT2D eigenvalue weighted by atomic mass is 16.5. The van der Waals surface area contributed by atoms with E-state index in [1.165, 1.54) is 5.56 Å². The summed E-state index contributed by atoms with van der Waals surface area (Å²) in [6.45, 7) is 4.31. The van der Waals surface area contributed by atoms with Gasteiger partial charge in [-0.25, -0.2) is 0 Å². The molecule has 1 aliphatic heterocycles. The van der Waals surface area contributed by atoms with Crippen molar-refractivity contribution in [1.29, 1.82) is 0 Å². The fraction of sp³-hybridized carbons (Fsp3) is 0.423. The Balaban J connectivity index is 1.34. The highest BCUT2D eigenvalue weighted by Gasteiger charge is 2.29. The average molecular weight is 465 g/mol. The van der Waals surface area contributed by atoms with Crippen molar-refractivity contribution in [3.8, 4) is 22.9 Å². The molecule has 2 heterocycles. The van der Waals surface area contributed by atoms with Gasteiger partial charge in [-0.05, 0) is 62.2 Å². The molecule has 0 saturated carbocycles. The summed E-state index contributed by atoms with van der Waals surface area (Å²) in [5.74, 6) is 2.55. The van der Waals surface area contributed by atoms with E-state index in [0.717, 1.165) is 43.6 Å². The third kappa shape index (κ3) is 5.07. The molecule has 0 N–H and O–H groups in total. The van der Waals surface area contributed by atoms with Gasteiger partial charge in [0.1, 0.15) is 0 Å². The summed E-state index contributed by atoms with van der Waals surface area (Å²) in [6.07, 6.45) is 2.53. The van der Waals surface area contributed by atoms with Crippen LogP contribution in [0.2, 0.25) is 0 Å². The summed E-state index contributed by atoms with van der Waals surface area (Å²) in [7, 11) is 5.08. The van der Waals surface area contributed by atoms with Crippen molar-refractivity contribution in [3.63, 3.8) is 0 Å². The van der Waals surface area contributed by atoms with E-state index in [9.17, 15) is 4.79 Å². The second kappa shape index (κ2) is 10.7. The van der Waals surface area contributed by atoms with Crippen LogP contribution in [0.15, 0.2) is 47.0 Å². The van der Waals surface area contributed by atoms with Crippen molar-refractivity contribution in [2.75, 3.05) is 39.3 Å². The van der Waals surface area contributed by atoms with Gasteiger partial charge in [0.05, 0.1) is 20.8 Å². The standard InChI is InChI=1S/C26H32N4O4/c1-5-18-8-6-7-9-21(18)29(2)26(31)19-12-14-30(15-13-19)17-24-27-25(28-34-24)20-10-11-22(32-3)23(16-20)33-4/h6-11,16,19H,5,12-15,17H2,1-4H3. The van der Waals surface area contributed by atoms with Crippen LogP contribution < -0.4 is 14.4 Å². The smallest absolute Gasteiger partial charge is 0.241 e. The lowest BCUT2D eigenvalue weighted by Crippen LogP contribution is -2.41. The quantitative estimate of drug-likeness (QED) is 0.494. The molecule has 1 fully saturated rings. The molecule has 1 aliphatic rings. The van der Waals surface area contributed by atoms with Crippen LogP contribution in [-0.2, 0) is 17.8 Å². The molecule has 3 aromatic rings. The van der Waals surface area contributed by atoms with Crippen LogP contribution >= 0.6 is 0 Å². The Kier molecular flexibility index (Phi) is 7.47. The first-order valence-electron chi connectivity index (χ1n) is 11.7. The van der Waals surface area contributed by atoms with E-state index in [-0.39, 0.29) is 11.8 Å². The van der Waals surface area contributed by atoms with Crippen molar-refractivity contribution >= 4 is 11.6 Å². The molecule has 1 saturated heterocycles. The number of methoxy groups -OCH3 is 2. The minimum atomic E-state index is 0.0242. The van der Waals surface area contributed by atoms with E-state index >= 15 is 0 Å². The molecule has 8 nitrogen and oxygen atoms in total. The lowest BCUT2D eigenvalue weighted by Gasteiger charge is -2.32. The third-order valence-corrected chi connectivity index (χ3v) is 6.47. The SMILES string of the molecule is CCc1ccccc1N(C)C(=O)C1CCN(Cc2nc(-c3ccc(OC)c(OC)c3)no2)CC1. The number of aromatic nitrogens is 2. The van der Waals surface area contributed by atoms with Crippen molar-refractivity contribution in [2.24, 2.45) is 5.92 Å². The lowest BCUT2D eigenvalue weighted by molar-refractivity contribution is -0.123. The molecular formula is C26H32N4O4. The molecule has 8 heteroatoms. The lowest BCUT2D eigenvalue weighted by atomic mass is 9.95. The Morgan fingerprint density at radius 2 is 1.85 bits per heavy atom. The monoisotopic (exact) mass is 464 g/mol. The van der Waals surface area contributed by atoms with Crippen molar-refractivity contribution in [3.05, 3.63) is 53.9 Å². The molecule has 0 bridgehead atoms. The zero-order valence-corrected chi connectivity index (χ0v) is 20.3. The molecule has 180 valence electrons. The highest BCUT2D eigenvalue weighted by molar-refractivity contribution is 5.95. The molecule has 2 aromatic carbocycles. The number of anilines is 1. The molecule has 0 unspecified atom stereocenters. The second-order valence-electron chi connectivity index (χ2n) is 8.51. The van der Waals surface area contributed by atoms with Crippen molar-refractivity contribution in [2.45, 2.75) is 32.7 Å². The number of hydrogen-bond donors (Lipinski definition) is 0. The first kappa shape index (κ1) is 23.8. The van der Waals surface area contributed by atoms with Crippen LogP contribution in [-0.4, -0.2) is 55.3 Å². The van der Waals surface area contributed by atoms with E-state index in [0.29, 0.717) is 29.8 Å². The van der Waals surface area contributed by atoms with Gasteiger partial charge in [-0.3, -0.25) is 9.69 Å². The minimum Gasteiger partial charge on any atom is -0.493 e. The fourth-order valence-electron chi connectivity index (χ4n) is 4.47. The predicted octanol–water partition coefficient (Wildman–Crippen LogP) is 4.19. The van der Waals surface area contributed by atoms with Crippen LogP contribution in [0.3, 0.4) is 0 Å². The number of aryl methyl sites for hydroxylation is 1. The normalized spacial score (nSPS) is 14.7. The molecule has 0 aliphatic carbocycles. The van der Waals surface area contributed by atoms with Crippen LogP contribution in [0.5, 0.6) is 11.5 Å². The third-order valence-electron chi connectivity index (χ3n) is 6.47. The average Bonchev–Trinajstić information content (AvgIpc) is 3.36. The van der Waals surface area contributed by atoms with Crippen LogP contribution in [0.4, 0.5) is 5.69 Å². The number of likely N-dealkylation sites (tertiary alicyclic amines) is 1. The number of piperidine rings is 1. The number of ether oxygens (including phenoxy) is 2. The second-order valence-corrected chi connectivity index (χ2v) is 8.51. The van der Waals surface area contributed by atoms with Gasteiger partial charge in [-0.1, -0.05) is 30.3 Å². The van der Waals surface area contributed by atoms with E-state index < -0.39 is 0 Å². The van der Waals surface area contributed by atoms with Gasteiger partial charge in [-0.2, -0.15) is 4.98 Å². The molecule has 0 atom stereocenters. The van der Waals surface area contributed by atoms with Crippen molar-refractivity contribution in [1.82, 2.24) is 15.0 Å². The van der Waals surface area contributed by atoms with Crippen LogP contribution in [0.25, 0.3) is 11.4 Å². The van der Waals surface area contributed by atoms with E-state index in [1.807, 2.05) is 48.3 Å². The number of carbonyl (C=O) groups excluding carboxylic acids is 1. The van der Waals surface area contributed by atoms with Gasteiger partial charge >= 0.3 is 0 Å². The Hall–Kier alpha value is -3.39. The Labute approximate surface area is 200 Å². The van der Waals surface area contributed by atoms with E-state index in [1.54, 1.807) is 14.2 Å². The van der Waals surface area contributed by atoms with Gasteiger partial charge in [0.2, 0.25) is 17.6 Å². The number of amides is 1. The van der Waals surface area contributed by atoms with E-state index in [2.05, 4.69) is 28.0 Å². The Morgan fingerprint density at radius 1 is 1.12 bits per heavy atom. The zero-order valence-electron chi connectivity index (χ0n) is 20.3. The fourth-order valence-corrected chi connectivity index (χ4v) is 4.47. The van der Waals surface area contributed by atoms with Gasteiger partial charge in [0.25, 0.3) is 0 Å². The number of carbonyl (C=O) groups is 1. The number of nitrogens with zero attached hydrogens (tertiary/aromatic N) is 4. The van der Waals surface area contributed by atoms with Gasteiger partial charge in [0.15, 0.2) is 11.5 Å². The maximum atomic E-state index is 13.1. The van der Waals surface area contributed by atoms with Gasteiger partial charge < -0.3 is 18.9 Å². The van der Waals surface area contributed by atoms with Gasteiger partial charge in [-0.15, -0.1) is 0 Å². The number of benzene rings is 2. The summed E-state index contributed by atoms with van der Waals surface area (Å²) >= 11 is 0. The highest BCUT2D eigenvalue weighted by Crippen LogP contribution is 2.31.